The number of nitrogens with zero attached hydrogens (tertiary/aromatic N) is 2. The fourth-order valence-electron chi connectivity index (χ4n) is 2.50. The molecule has 2 heterocycles. The van der Waals surface area contributed by atoms with Gasteiger partial charge in [-0.05, 0) is 48.7 Å². The summed E-state index contributed by atoms with van der Waals surface area (Å²) in [5.41, 5.74) is 1.40. The van der Waals surface area contributed by atoms with E-state index in [1.807, 2.05) is 7.05 Å². The van der Waals surface area contributed by atoms with Gasteiger partial charge in [0.25, 0.3) is 0 Å². The summed E-state index contributed by atoms with van der Waals surface area (Å²) in [7, 11) is 2.01. The first-order valence-corrected chi connectivity index (χ1v) is 6.96. The molecule has 4 heteroatoms. The number of likely N-dealkylation sites (N-methyl/N-ethyl adjacent to an activating group) is 1. The van der Waals surface area contributed by atoms with Gasteiger partial charge in [0.15, 0.2) is 0 Å². The van der Waals surface area contributed by atoms with E-state index in [-0.39, 0.29) is 0 Å². The van der Waals surface area contributed by atoms with E-state index in [1.165, 1.54) is 30.8 Å². The van der Waals surface area contributed by atoms with Crippen LogP contribution in [-0.4, -0.2) is 23.1 Å². The topological polar surface area (TPSA) is 29.9 Å². The number of fused-ring (bicyclic) bond motifs is 1. The Bertz CT molecular complexity index is 359. The van der Waals surface area contributed by atoms with Gasteiger partial charge >= 0.3 is 0 Å². The van der Waals surface area contributed by atoms with E-state index < -0.39 is 0 Å². The number of hydrogen-bond acceptors (Lipinski definition) is 2. The van der Waals surface area contributed by atoms with Crippen LogP contribution in [0.15, 0.2) is 4.60 Å². The molecule has 90 valence electrons. The summed E-state index contributed by atoms with van der Waals surface area (Å²) < 4.78 is 3.50. The van der Waals surface area contributed by atoms with Crippen molar-refractivity contribution >= 4 is 15.9 Å². The second-order valence-corrected chi connectivity index (χ2v) is 5.23. The SMILES string of the molecule is CCC(CNC)c1nc(Br)c2n1CCCC2. The lowest BCUT2D eigenvalue weighted by molar-refractivity contribution is 0.478. The third-order valence-corrected chi connectivity index (χ3v) is 4.04. The third-order valence-electron chi connectivity index (χ3n) is 3.41. The molecule has 0 saturated carbocycles. The Morgan fingerprint density at radius 3 is 3.00 bits per heavy atom. The Labute approximate surface area is 106 Å². The summed E-state index contributed by atoms with van der Waals surface area (Å²) in [5.74, 6) is 1.80. The molecule has 1 aromatic heterocycles. The summed E-state index contributed by atoms with van der Waals surface area (Å²) in [4.78, 5) is 4.72. The van der Waals surface area contributed by atoms with Crippen molar-refractivity contribution in [3.63, 3.8) is 0 Å². The maximum atomic E-state index is 4.72. The molecule has 1 unspecified atom stereocenters. The van der Waals surface area contributed by atoms with E-state index in [9.17, 15) is 0 Å². The minimum absolute atomic E-state index is 0.535. The fraction of sp³-hybridized carbons (Fsp3) is 0.750. The van der Waals surface area contributed by atoms with Gasteiger partial charge in [-0.2, -0.15) is 0 Å². The van der Waals surface area contributed by atoms with Crippen molar-refractivity contribution in [2.45, 2.75) is 45.1 Å². The number of halogens is 1. The van der Waals surface area contributed by atoms with Gasteiger partial charge in [-0.15, -0.1) is 0 Å². The summed E-state index contributed by atoms with van der Waals surface area (Å²) >= 11 is 3.60. The molecule has 1 aliphatic heterocycles. The van der Waals surface area contributed by atoms with Crippen LogP contribution in [0.3, 0.4) is 0 Å². The van der Waals surface area contributed by atoms with Gasteiger partial charge in [0.1, 0.15) is 10.4 Å². The zero-order valence-corrected chi connectivity index (χ0v) is 11.7. The molecule has 1 N–H and O–H groups in total. The van der Waals surface area contributed by atoms with Crippen molar-refractivity contribution in [3.05, 3.63) is 16.1 Å². The van der Waals surface area contributed by atoms with Crippen LogP contribution in [0, 0.1) is 0 Å². The Balaban J connectivity index is 2.32. The van der Waals surface area contributed by atoms with Gasteiger partial charge in [0.2, 0.25) is 0 Å². The lowest BCUT2D eigenvalue weighted by Crippen LogP contribution is -2.22. The van der Waals surface area contributed by atoms with Gasteiger partial charge in [-0.1, -0.05) is 6.92 Å². The predicted octanol–water partition coefficient (Wildman–Crippen LogP) is 2.69. The highest BCUT2D eigenvalue weighted by atomic mass is 79.9. The second-order valence-electron chi connectivity index (χ2n) is 4.48. The summed E-state index contributed by atoms with van der Waals surface area (Å²) in [6.07, 6.45) is 4.90. The highest BCUT2D eigenvalue weighted by Crippen LogP contribution is 2.29. The largest absolute Gasteiger partial charge is 0.331 e. The van der Waals surface area contributed by atoms with Crippen LogP contribution >= 0.6 is 15.9 Å². The van der Waals surface area contributed by atoms with Crippen LogP contribution in [0.25, 0.3) is 0 Å². The van der Waals surface area contributed by atoms with Crippen LogP contribution < -0.4 is 5.32 Å². The molecule has 1 aromatic rings. The van der Waals surface area contributed by atoms with E-state index >= 15 is 0 Å². The fourth-order valence-corrected chi connectivity index (χ4v) is 3.10. The quantitative estimate of drug-likeness (QED) is 0.922. The molecule has 2 rings (SSSR count). The van der Waals surface area contributed by atoms with Gasteiger partial charge < -0.3 is 9.88 Å². The number of nitrogens with one attached hydrogen (secondary N) is 1. The minimum Gasteiger partial charge on any atom is -0.331 e. The average Bonchev–Trinajstić information content (AvgIpc) is 2.65. The Morgan fingerprint density at radius 1 is 1.50 bits per heavy atom. The second kappa shape index (κ2) is 5.32. The smallest absolute Gasteiger partial charge is 0.127 e. The van der Waals surface area contributed by atoms with E-state index in [2.05, 4.69) is 32.7 Å². The van der Waals surface area contributed by atoms with Crippen LogP contribution in [0.4, 0.5) is 0 Å². The van der Waals surface area contributed by atoms with Crippen LogP contribution in [-0.2, 0) is 13.0 Å². The van der Waals surface area contributed by atoms with Crippen molar-refractivity contribution in [3.8, 4) is 0 Å². The predicted molar refractivity (Wildman–Crippen MR) is 69.8 cm³/mol. The normalized spacial score (nSPS) is 17.2. The first kappa shape index (κ1) is 12.1. The maximum absolute atomic E-state index is 4.72. The highest BCUT2D eigenvalue weighted by molar-refractivity contribution is 9.10. The molecular weight excluding hydrogens is 266 g/mol. The molecule has 16 heavy (non-hydrogen) atoms. The monoisotopic (exact) mass is 285 g/mol. The van der Waals surface area contributed by atoms with Crippen molar-refractivity contribution < 1.29 is 0 Å². The van der Waals surface area contributed by atoms with Crippen LogP contribution in [0.1, 0.15) is 43.6 Å². The van der Waals surface area contributed by atoms with E-state index in [1.54, 1.807) is 0 Å². The first-order chi connectivity index (χ1) is 7.77. The Hall–Kier alpha value is -0.350. The molecule has 0 saturated heterocycles. The van der Waals surface area contributed by atoms with Crippen LogP contribution in [0.2, 0.25) is 0 Å². The molecule has 0 bridgehead atoms. The lowest BCUT2D eigenvalue weighted by atomic mass is 10.0. The van der Waals surface area contributed by atoms with Crippen molar-refractivity contribution in [2.75, 3.05) is 13.6 Å². The maximum Gasteiger partial charge on any atom is 0.127 e. The van der Waals surface area contributed by atoms with Crippen molar-refractivity contribution in [2.24, 2.45) is 0 Å². The van der Waals surface area contributed by atoms with Crippen molar-refractivity contribution in [1.82, 2.24) is 14.9 Å². The molecule has 0 aliphatic carbocycles. The number of aromatic nitrogens is 2. The molecule has 0 amide bonds. The molecule has 1 aliphatic rings. The zero-order valence-electron chi connectivity index (χ0n) is 10.1. The van der Waals surface area contributed by atoms with Gasteiger partial charge in [0.05, 0.1) is 5.69 Å². The number of hydrogen-bond donors (Lipinski definition) is 1. The third kappa shape index (κ3) is 2.18. The minimum atomic E-state index is 0.535. The summed E-state index contributed by atoms with van der Waals surface area (Å²) in [6, 6.07) is 0. The van der Waals surface area contributed by atoms with Gasteiger partial charge in [0, 0.05) is 19.0 Å². The molecule has 0 fully saturated rings. The van der Waals surface area contributed by atoms with Crippen LogP contribution in [0.5, 0.6) is 0 Å². The standard InChI is InChI=1S/C12H20BrN3/c1-3-9(8-14-2)12-15-11(13)10-6-4-5-7-16(10)12/h9,14H,3-8H2,1-2H3. The molecule has 0 spiro atoms. The number of rotatable bonds is 4. The van der Waals surface area contributed by atoms with Gasteiger partial charge in [-0.25, -0.2) is 4.98 Å². The van der Waals surface area contributed by atoms with E-state index in [0.717, 1.165) is 24.1 Å². The van der Waals surface area contributed by atoms with Gasteiger partial charge in [-0.3, -0.25) is 0 Å². The Kier molecular flexibility index (Phi) is 4.03. The molecule has 1 atom stereocenters. The summed E-state index contributed by atoms with van der Waals surface area (Å²) in [5, 5.41) is 3.26. The number of imidazole rings is 1. The lowest BCUT2D eigenvalue weighted by Gasteiger charge is -2.20. The zero-order chi connectivity index (χ0) is 11.5. The Morgan fingerprint density at radius 2 is 2.31 bits per heavy atom. The molecule has 0 aromatic carbocycles. The highest BCUT2D eigenvalue weighted by Gasteiger charge is 2.22. The molecule has 3 nitrogen and oxygen atoms in total. The summed E-state index contributed by atoms with van der Waals surface area (Å²) in [6.45, 7) is 4.39. The van der Waals surface area contributed by atoms with E-state index in [0.29, 0.717) is 5.92 Å². The first-order valence-electron chi connectivity index (χ1n) is 6.17. The average molecular weight is 286 g/mol. The molecular formula is C12H20BrN3. The van der Waals surface area contributed by atoms with Crippen molar-refractivity contribution in [1.29, 1.82) is 0 Å². The molecule has 0 radical (unpaired) electrons. The van der Waals surface area contributed by atoms with E-state index in [4.69, 9.17) is 4.98 Å².